The van der Waals surface area contributed by atoms with Gasteiger partial charge in [0.2, 0.25) is 0 Å². The number of hydrogen-bond acceptors (Lipinski definition) is 6. The van der Waals surface area contributed by atoms with E-state index in [1.165, 1.54) is 22.7 Å². The SMILES string of the molecule is Cc1nn(-c2ccccc2)c2sc(C(=O)Nc3nc(-c4ccccn4)cs3)cc12. The minimum atomic E-state index is -0.174. The van der Waals surface area contributed by atoms with Crippen LogP contribution in [0.1, 0.15) is 15.4 Å². The maximum absolute atomic E-state index is 12.8. The van der Waals surface area contributed by atoms with Gasteiger partial charge in [-0.05, 0) is 37.3 Å². The third-order valence-electron chi connectivity index (χ3n) is 4.42. The number of aromatic nitrogens is 4. The first-order valence-electron chi connectivity index (χ1n) is 8.92. The van der Waals surface area contributed by atoms with Crippen LogP contribution in [0, 0.1) is 6.92 Å². The van der Waals surface area contributed by atoms with Crippen LogP contribution in [0.2, 0.25) is 0 Å². The van der Waals surface area contributed by atoms with Crippen molar-refractivity contribution in [1.82, 2.24) is 19.7 Å². The number of nitrogens with zero attached hydrogens (tertiary/aromatic N) is 4. The predicted molar refractivity (Wildman–Crippen MR) is 117 cm³/mol. The molecule has 0 saturated carbocycles. The van der Waals surface area contributed by atoms with Crippen molar-refractivity contribution in [3.63, 3.8) is 0 Å². The Bertz CT molecular complexity index is 1310. The molecule has 4 heterocycles. The number of carbonyl (C=O) groups excluding carboxylic acids is 1. The predicted octanol–water partition coefficient (Wildman–Crippen LogP) is 5.17. The molecule has 5 rings (SSSR count). The summed E-state index contributed by atoms with van der Waals surface area (Å²) in [5.41, 5.74) is 3.40. The van der Waals surface area contributed by atoms with Crippen LogP contribution in [-0.2, 0) is 0 Å². The zero-order valence-electron chi connectivity index (χ0n) is 15.4. The fourth-order valence-electron chi connectivity index (χ4n) is 3.03. The van der Waals surface area contributed by atoms with E-state index < -0.39 is 0 Å². The smallest absolute Gasteiger partial charge is 0.267 e. The molecule has 0 spiro atoms. The Balaban J connectivity index is 1.43. The monoisotopic (exact) mass is 417 g/mol. The highest BCUT2D eigenvalue weighted by atomic mass is 32.1. The highest BCUT2D eigenvalue weighted by Crippen LogP contribution is 2.31. The zero-order valence-corrected chi connectivity index (χ0v) is 17.0. The number of rotatable bonds is 4. The second kappa shape index (κ2) is 7.23. The van der Waals surface area contributed by atoms with Gasteiger partial charge < -0.3 is 0 Å². The number of thiazole rings is 1. The van der Waals surface area contributed by atoms with Crippen LogP contribution in [0.3, 0.4) is 0 Å². The van der Waals surface area contributed by atoms with E-state index in [2.05, 4.69) is 20.4 Å². The van der Waals surface area contributed by atoms with Crippen LogP contribution in [0.15, 0.2) is 66.2 Å². The topological polar surface area (TPSA) is 72.7 Å². The van der Waals surface area contributed by atoms with E-state index in [9.17, 15) is 4.79 Å². The first-order chi connectivity index (χ1) is 14.2. The second-order valence-corrected chi connectivity index (χ2v) is 8.26. The molecule has 0 radical (unpaired) electrons. The molecular formula is C21H15N5OS2. The molecule has 0 aliphatic carbocycles. The summed E-state index contributed by atoms with van der Waals surface area (Å²) in [5.74, 6) is -0.174. The molecule has 0 bridgehead atoms. The van der Waals surface area contributed by atoms with Gasteiger partial charge in [0.25, 0.3) is 5.91 Å². The number of fused-ring (bicyclic) bond motifs is 1. The van der Waals surface area contributed by atoms with Crippen molar-refractivity contribution in [3.8, 4) is 17.1 Å². The second-order valence-electron chi connectivity index (χ2n) is 6.37. The Hall–Kier alpha value is -3.36. The summed E-state index contributed by atoms with van der Waals surface area (Å²) in [7, 11) is 0. The fourth-order valence-corrected chi connectivity index (χ4v) is 4.80. The number of hydrogen-bond donors (Lipinski definition) is 1. The number of carbonyl (C=O) groups is 1. The van der Waals surface area contributed by atoms with Gasteiger partial charge in [0, 0.05) is 17.0 Å². The molecule has 5 aromatic rings. The van der Waals surface area contributed by atoms with Crippen molar-refractivity contribution in [1.29, 1.82) is 0 Å². The van der Waals surface area contributed by atoms with E-state index in [-0.39, 0.29) is 5.91 Å². The molecule has 4 aromatic heterocycles. The highest BCUT2D eigenvalue weighted by Gasteiger charge is 2.18. The van der Waals surface area contributed by atoms with E-state index in [4.69, 9.17) is 0 Å². The first kappa shape index (κ1) is 17.7. The number of aryl methyl sites for hydroxylation is 1. The van der Waals surface area contributed by atoms with Crippen molar-refractivity contribution < 1.29 is 4.79 Å². The summed E-state index contributed by atoms with van der Waals surface area (Å²) >= 11 is 2.81. The number of thiophene rings is 1. The van der Waals surface area contributed by atoms with Gasteiger partial charge in [-0.1, -0.05) is 24.3 Å². The molecule has 1 amide bonds. The fraction of sp³-hybridized carbons (Fsp3) is 0.0476. The minimum absolute atomic E-state index is 0.174. The summed E-state index contributed by atoms with van der Waals surface area (Å²) in [4.78, 5) is 23.2. The van der Waals surface area contributed by atoms with E-state index in [1.807, 2.05) is 71.6 Å². The largest absolute Gasteiger partial charge is 0.297 e. The number of amides is 1. The lowest BCUT2D eigenvalue weighted by Crippen LogP contribution is -2.09. The molecule has 0 fully saturated rings. The van der Waals surface area contributed by atoms with Crippen molar-refractivity contribution in [2.45, 2.75) is 6.92 Å². The van der Waals surface area contributed by atoms with Crippen molar-refractivity contribution in [3.05, 3.63) is 76.7 Å². The number of anilines is 1. The summed E-state index contributed by atoms with van der Waals surface area (Å²) in [6.07, 6.45) is 1.72. The van der Waals surface area contributed by atoms with Gasteiger partial charge in [-0.15, -0.1) is 22.7 Å². The summed E-state index contributed by atoms with van der Waals surface area (Å²) in [5, 5.41) is 10.9. The van der Waals surface area contributed by atoms with E-state index in [1.54, 1.807) is 6.20 Å². The minimum Gasteiger partial charge on any atom is -0.297 e. The number of para-hydroxylation sites is 1. The van der Waals surface area contributed by atoms with Crippen molar-refractivity contribution in [2.24, 2.45) is 0 Å². The van der Waals surface area contributed by atoms with Crippen LogP contribution >= 0.6 is 22.7 Å². The van der Waals surface area contributed by atoms with Crippen LogP contribution in [0.4, 0.5) is 5.13 Å². The van der Waals surface area contributed by atoms with Gasteiger partial charge in [-0.2, -0.15) is 5.10 Å². The van der Waals surface area contributed by atoms with Gasteiger partial charge in [-0.25, -0.2) is 9.67 Å². The Morgan fingerprint density at radius 3 is 2.69 bits per heavy atom. The quantitative estimate of drug-likeness (QED) is 0.438. The molecule has 8 heteroatoms. The molecule has 0 saturated heterocycles. The Labute approximate surface area is 174 Å². The zero-order chi connectivity index (χ0) is 19.8. The third kappa shape index (κ3) is 3.32. The molecule has 1 N–H and O–H groups in total. The molecule has 0 atom stereocenters. The maximum atomic E-state index is 12.8. The molecule has 0 aliphatic rings. The van der Waals surface area contributed by atoms with E-state index >= 15 is 0 Å². The number of benzene rings is 1. The third-order valence-corrected chi connectivity index (χ3v) is 6.29. The van der Waals surface area contributed by atoms with Gasteiger partial charge in [0.1, 0.15) is 10.5 Å². The lowest BCUT2D eigenvalue weighted by molar-refractivity contribution is 0.103. The summed E-state index contributed by atoms with van der Waals surface area (Å²) < 4.78 is 1.88. The first-order valence-corrected chi connectivity index (χ1v) is 10.6. The molecule has 0 aliphatic heterocycles. The normalized spacial score (nSPS) is 11.1. The van der Waals surface area contributed by atoms with Crippen LogP contribution < -0.4 is 5.32 Å². The van der Waals surface area contributed by atoms with Gasteiger partial charge in [0.15, 0.2) is 5.13 Å². The van der Waals surface area contributed by atoms with Gasteiger partial charge >= 0.3 is 0 Å². The van der Waals surface area contributed by atoms with Crippen molar-refractivity contribution >= 4 is 43.9 Å². The summed E-state index contributed by atoms with van der Waals surface area (Å²) in [6, 6.07) is 17.5. The number of pyridine rings is 1. The lowest BCUT2D eigenvalue weighted by Gasteiger charge is -2.01. The maximum Gasteiger partial charge on any atom is 0.267 e. The van der Waals surface area contributed by atoms with Gasteiger partial charge in [0.05, 0.1) is 22.0 Å². The Morgan fingerprint density at radius 1 is 1.07 bits per heavy atom. The van der Waals surface area contributed by atoms with Crippen LogP contribution in [0.25, 0.3) is 27.3 Å². The van der Waals surface area contributed by atoms with Crippen molar-refractivity contribution in [2.75, 3.05) is 5.32 Å². The standard InChI is InChI=1S/C21H15N5OS2/c1-13-15-11-18(29-20(15)26(25-13)14-7-3-2-4-8-14)19(27)24-21-23-17(12-28-21)16-9-5-6-10-22-16/h2-12H,1H3,(H,23,24,27). The molecule has 0 unspecified atom stereocenters. The van der Waals surface area contributed by atoms with Gasteiger partial charge in [-0.3, -0.25) is 15.1 Å². The molecule has 142 valence electrons. The average molecular weight is 418 g/mol. The summed E-state index contributed by atoms with van der Waals surface area (Å²) in [6.45, 7) is 1.95. The Kier molecular flexibility index (Phi) is 4.42. The lowest BCUT2D eigenvalue weighted by atomic mass is 10.3. The Morgan fingerprint density at radius 2 is 1.90 bits per heavy atom. The van der Waals surface area contributed by atoms with E-state index in [0.717, 1.165) is 33.0 Å². The number of nitrogens with one attached hydrogen (secondary N) is 1. The average Bonchev–Trinajstić information content (AvgIpc) is 3.46. The van der Waals surface area contributed by atoms with Crippen LogP contribution in [-0.4, -0.2) is 25.7 Å². The van der Waals surface area contributed by atoms with Crippen LogP contribution in [0.5, 0.6) is 0 Å². The molecule has 29 heavy (non-hydrogen) atoms. The van der Waals surface area contributed by atoms with E-state index in [0.29, 0.717) is 10.0 Å². The molecular weight excluding hydrogens is 402 g/mol. The molecule has 1 aromatic carbocycles. The highest BCUT2D eigenvalue weighted by molar-refractivity contribution is 7.20. The molecule has 6 nitrogen and oxygen atoms in total.